The normalized spacial score (nSPS) is 33.8. The Bertz CT molecular complexity index is 1170. The Morgan fingerprint density at radius 2 is 1.55 bits per heavy atom. The highest BCUT2D eigenvalue weighted by atomic mass is 16.5. The maximum atomic E-state index is 12.8. The van der Waals surface area contributed by atoms with Gasteiger partial charge in [-0.3, -0.25) is 14.4 Å². The molecule has 3 N–H and O–H groups in total. The van der Waals surface area contributed by atoms with Gasteiger partial charge in [0.25, 0.3) is 0 Å². The van der Waals surface area contributed by atoms with Gasteiger partial charge in [-0.15, -0.1) is 0 Å². The average molecular weight is 712 g/mol. The summed E-state index contributed by atoms with van der Waals surface area (Å²) in [6.45, 7) is 8.94. The molecule has 7 nitrogen and oxygen atoms in total. The lowest BCUT2D eigenvalue weighted by molar-refractivity contribution is -0.181. The minimum absolute atomic E-state index is 0.0164. The van der Waals surface area contributed by atoms with Crippen molar-refractivity contribution in [1.29, 1.82) is 0 Å². The number of unbranched alkanes of at least 4 members (excludes halogenated alkanes) is 8. The van der Waals surface area contributed by atoms with E-state index in [2.05, 4.69) is 57.3 Å². The van der Waals surface area contributed by atoms with Gasteiger partial charge >= 0.3 is 11.9 Å². The van der Waals surface area contributed by atoms with Gasteiger partial charge in [0.05, 0.1) is 6.10 Å². The molecule has 0 aliphatic heterocycles. The number of allylic oxidation sites excluding steroid dienone is 4. The van der Waals surface area contributed by atoms with Gasteiger partial charge in [-0.05, 0) is 143 Å². The number of carbonyl (C=O) groups excluding carboxylic acids is 2. The van der Waals surface area contributed by atoms with Crippen molar-refractivity contribution in [2.75, 3.05) is 6.54 Å². The van der Waals surface area contributed by atoms with Crippen molar-refractivity contribution >= 4 is 17.8 Å². The SMILES string of the molecule is CCCCC/C=C\C/C=C\CCCCCCCC(=O)OC1CCC2(C)C(CCC3C2CC(O)C2(C)C(C(C)CCC(=O)NCC(=O)O)CCC32)C1. The molecule has 10 atom stereocenters. The molecule has 0 saturated heterocycles. The van der Waals surface area contributed by atoms with Gasteiger partial charge in [0.15, 0.2) is 0 Å². The van der Waals surface area contributed by atoms with Gasteiger partial charge < -0.3 is 20.3 Å². The Kier molecular flexibility index (Phi) is 16.6. The molecule has 0 heterocycles. The van der Waals surface area contributed by atoms with Crippen molar-refractivity contribution in [3.8, 4) is 0 Å². The number of amides is 1. The molecule has 4 fully saturated rings. The van der Waals surface area contributed by atoms with Crippen molar-refractivity contribution in [2.24, 2.45) is 46.3 Å². The highest BCUT2D eigenvalue weighted by Crippen LogP contribution is 2.68. The quantitative estimate of drug-likeness (QED) is 0.0621. The number of esters is 1. The fourth-order valence-corrected chi connectivity index (χ4v) is 11.4. The molecule has 4 saturated carbocycles. The summed E-state index contributed by atoms with van der Waals surface area (Å²) in [5, 5.41) is 23.3. The number of ether oxygens (including phenoxy) is 1. The molecule has 0 aromatic heterocycles. The summed E-state index contributed by atoms with van der Waals surface area (Å²) in [5.41, 5.74) is 0.0378. The van der Waals surface area contributed by atoms with E-state index >= 15 is 0 Å². The van der Waals surface area contributed by atoms with E-state index in [1.807, 2.05) is 0 Å². The number of carboxylic acid groups (broad SMARTS) is 1. The number of aliphatic carboxylic acids is 1. The molecule has 1 amide bonds. The highest BCUT2D eigenvalue weighted by molar-refractivity contribution is 5.81. The Morgan fingerprint density at radius 1 is 0.843 bits per heavy atom. The summed E-state index contributed by atoms with van der Waals surface area (Å²) >= 11 is 0. The summed E-state index contributed by atoms with van der Waals surface area (Å²) in [6.07, 6.45) is 31.9. The molecule has 7 heteroatoms. The van der Waals surface area contributed by atoms with Crippen molar-refractivity contribution in [1.82, 2.24) is 5.32 Å². The Hall–Kier alpha value is -2.15. The van der Waals surface area contributed by atoms with E-state index in [4.69, 9.17) is 9.84 Å². The van der Waals surface area contributed by atoms with Crippen LogP contribution in [0, 0.1) is 46.3 Å². The van der Waals surface area contributed by atoms with Crippen LogP contribution in [0.3, 0.4) is 0 Å². The van der Waals surface area contributed by atoms with Gasteiger partial charge in [-0.1, -0.05) is 84.1 Å². The zero-order chi connectivity index (χ0) is 36.9. The van der Waals surface area contributed by atoms with Crippen LogP contribution in [-0.4, -0.2) is 46.8 Å². The molecule has 4 aliphatic carbocycles. The third-order valence-electron chi connectivity index (χ3n) is 14.4. The number of rotatable bonds is 21. The predicted octanol–water partition coefficient (Wildman–Crippen LogP) is 9.96. The monoisotopic (exact) mass is 712 g/mol. The fourth-order valence-electron chi connectivity index (χ4n) is 11.4. The number of nitrogens with one attached hydrogen (secondary N) is 1. The molecule has 0 aromatic carbocycles. The van der Waals surface area contributed by atoms with Gasteiger partial charge in [-0.2, -0.15) is 0 Å². The topological polar surface area (TPSA) is 113 Å². The first kappa shape index (κ1) is 41.6. The first-order chi connectivity index (χ1) is 24.5. The van der Waals surface area contributed by atoms with Crippen LogP contribution >= 0.6 is 0 Å². The number of aliphatic hydroxyl groups excluding tert-OH is 1. The largest absolute Gasteiger partial charge is 0.480 e. The van der Waals surface area contributed by atoms with Crippen molar-refractivity contribution < 1.29 is 29.3 Å². The number of carbonyl (C=O) groups is 3. The Morgan fingerprint density at radius 3 is 2.27 bits per heavy atom. The van der Waals surface area contributed by atoms with E-state index < -0.39 is 5.97 Å². The van der Waals surface area contributed by atoms with E-state index in [1.165, 1.54) is 57.8 Å². The van der Waals surface area contributed by atoms with Crippen molar-refractivity contribution in [2.45, 2.75) is 181 Å². The van der Waals surface area contributed by atoms with Crippen LogP contribution in [0.1, 0.15) is 169 Å². The lowest BCUT2D eigenvalue weighted by Crippen LogP contribution is -2.59. The second-order valence-electron chi connectivity index (χ2n) is 17.5. The minimum atomic E-state index is -1.02. The molecule has 0 bridgehead atoms. The number of carboxylic acids is 1. The first-order valence-corrected chi connectivity index (χ1v) is 21.2. The third-order valence-corrected chi connectivity index (χ3v) is 14.4. The maximum absolute atomic E-state index is 12.8. The average Bonchev–Trinajstić information content (AvgIpc) is 3.47. The zero-order valence-corrected chi connectivity index (χ0v) is 32.7. The molecule has 0 aromatic rings. The number of hydrogen-bond acceptors (Lipinski definition) is 5. The maximum Gasteiger partial charge on any atom is 0.322 e. The molecule has 10 unspecified atom stereocenters. The van der Waals surface area contributed by atoms with Crippen LogP contribution in [0.25, 0.3) is 0 Å². The van der Waals surface area contributed by atoms with Crippen LogP contribution in [0.5, 0.6) is 0 Å². The summed E-state index contributed by atoms with van der Waals surface area (Å²) < 4.78 is 6.09. The fraction of sp³-hybridized carbons (Fsp3) is 0.841. The van der Waals surface area contributed by atoms with Crippen LogP contribution in [0.4, 0.5) is 0 Å². The molecule has 51 heavy (non-hydrogen) atoms. The van der Waals surface area contributed by atoms with Crippen LogP contribution in [0.2, 0.25) is 0 Å². The third kappa shape index (κ3) is 11.2. The lowest BCUT2D eigenvalue weighted by Gasteiger charge is -2.62. The zero-order valence-electron chi connectivity index (χ0n) is 32.7. The predicted molar refractivity (Wildman–Crippen MR) is 205 cm³/mol. The summed E-state index contributed by atoms with van der Waals surface area (Å²) in [5.74, 6) is 1.57. The lowest BCUT2D eigenvalue weighted by atomic mass is 9.43. The molecule has 0 spiro atoms. The smallest absolute Gasteiger partial charge is 0.322 e. The summed E-state index contributed by atoms with van der Waals surface area (Å²) in [4.78, 5) is 35.9. The standard InChI is InChI=1S/C44H73NO6/c1-5-6-7-8-9-10-11-12-13-14-15-16-17-18-19-20-42(50)51-34-27-28-43(3)33(29-34)22-23-35-37-25-24-36(44(37,4)39(46)30-38(35)43)32(2)21-26-40(47)45-31-41(48)49/h9-10,12-13,32-39,46H,5-8,11,14-31H2,1-4H3,(H,45,47)(H,48,49)/b10-9-,13-12-. The van der Waals surface area contributed by atoms with E-state index in [0.29, 0.717) is 54.8 Å². The van der Waals surface area contributed by atoms with Crippen LogP contribution in [-0.2, 0) is 19.1 Å². The van der Waals surface area contributed by atoms with Crippen molar-refractivity contribution in [3.63, 3.8) is 0 Å². The van der Waals surface area contributed by atoms with Gasteiger partial charge in [-0.25, -0.2) is 0 Å². The van der Waals surface area contributed by atoms with E-state index in [1.54, 1.807) is 0 Å². The van der Waals surface area contributed by atoms with Gasteiger partial charge in [0, 0.05) is 12.8 Å². The Labute approximate surface area is 310 Å². The molecular formula is C44H73NO6. The van der Waals surface area contributed by atoms with Gasteiger partial charge in [0.1, 0.15) is 12.6 Å². The van der Waals surface area contributed by atoms with Crippen molar-refractivity contribution in [3.05, 3.63) is 24.3 Å². The summed E-state index contributed by atoms with van der Waals surface area (Å²) in [7, 11) is 0. The summed E-state index contributed by atoms with van der Waals surface area (Å²) in [6, 6.07) is 0. The Balaban J connectivity index is 1.14. The first-order valence-electron chi connectivity index (χ1n) is 21.2. The number of fused-ring (bicyclic) bond motifs is 5. The second kappa shape index (κ2) is 20.3. The van der Waals surface area contributed by atoms with Crippen LogP contribution < -0.4 is 5.32 Å². The van der Waals surface area contributed by atoms with E-state index in [0.717, 1.165) is 64.2 Å². The van der Waals surface area contributed by atoms with E-state index in [9.17, 15) is 19.5 Å². The molecule has 4 aliphatic rings. The number of aliphatic hydroxyl groups is 1. The minimum Gasteiger partial charge on any atom is -0.480 e. The molecular weight excluding hydrogens is 638 g/mol. The van der Waals surface area contributed by atoms with E-state index in [-0.39, 0.29) is 41.5 Å². The molecule has 290 valence electrons. The van der Waals surface area contributed by atoms with Gasteiger partial charge in [0.2, 0.25) is 5.91 Å². The molecule has 4 rings (SSSR count). The van der Waals surface area contributed by atoms with Crippen LogP contribution in [0.15, 0.2) is 24.3 Å². The second-order valence-corrected chi connectivity index (χ2v) is 17.5. The highest BCUT2D eigenvalue weighted by Gasteiger charge is 2.63. The number of hydrogen-bond donors (Lipinski definition) is 3. The molecule has 0 radical (unpaired) electrons.